The van der Waals surface area contributed by atoms with E-state index in [0.29, 0.717) is 23.3 Å². The summed E-state index contributed by atoms with van der Waals surface area (Å²) in [6.07, 6.45) is 5.58. The standard InChI is InChI=1S/C20H20ClN3O2S/c21-15-10-8-14(9-11-15)19-22-18(26-23-19)13-24(16-5-2-1-3-6-16)20(25)17-7-4-12-27-17/h4,7-12,16H,1-3,5-6,13H2. The summed E-state index contributed by atoms with van der Waals surface area (Å²) in [6, 6.07) is 11.3. The molecule has 7 heteroatoms. The number of carbonyl (C=O) groups is 1. The maximum atomic E-state index is 13.1. The number of halogens is 1. The van der Waals surface area contributed by atoms with Gasteiger partial charge >= 0.3 is 0 Å². The maximum absolute atomic E-state index is 13.1. The van der Waals surface area contributed by atoms with Crippen LogP contribution in [0.1, 0.15) is 47.7 Å². The van der Waals surface area contributed by atoms with Crippen LogP contribution in [0.25, 0.3) is 11.4 Å². The van der Waals surface area contributed by atoms with E-state index in [2.05, 4.69) is 10.1 Å². The van der Waals surface area contributed by atoms with E-state index in [-0.39, 0.29) is 11.9 Å². The second kappa shape index (κ2) is 8.23. The molecule has 5 nitrogen and oxygen atoms in total. The predicted molar refractivity (Wildman–Crippen MR) is 106 cm³/mol. The molecule has 0 N–H and O–H groups in total. The number of amides is 1. The largest absolute Gasteiger partial charge is 0.337 e. The molecular formula is C20H20ClN3O2S. The van der Waals surface area contributed by atoms with Crippen LogP contribution in [-0.4, -0.2) is 27.0 Å². The average Bonchev–Trinajstić information content (AvgIpc) is 3.39. The highest BCUT2D eigenvalue weighted by atomic mass is 35.5. The van der Waals surface area contributed by atoms with E-state index < -0.39 is 0 Å². The number of carbonyl (C=O) groups excluding carboxylic acids is 1. The lowest BCUT2D eigenvalue weighted by atomic mass is 9.94. The van der Waals surface area contributed by atoms with Crippen molar-refractivity contribution in [1.82, 2.24) is 15.0 Å². The molecule has 1 aliphatic rings. The van der Waals surface area contributed by atoms with E-state index in [1.54, 1.807) is 12.1 Å². The van der Waals surface area contributed by atoms with E-state index in [1.165, 1.54) is 17.8 Å². The van der Waals surface area contributed by atoms with Gasteiger partial charge in [-0.3, -0.25) is 4.79 Å². The Morgan fingerprint density at radius 2 is 1.96 bits per heavy atom. The smallest absolute Gasteiger partial charge is 0.264 e. The highest BCUT2D eigenvalue weighted by Crippen LogP contribution is 2.27. The fraction of sp³-hybridized carbons (Fsp3) is 0.350. The van der Waals surface area contributed by atoms with Crippen molar-refractivity contribution in [3.8, 4) is 11.4 Å². The van der Waals surface area contributed by atoms with Crippen LogP contribution in [0.15, 0.2) is 46.3 Å². The molecule has 0 unspecified atom stereocenters. The Bertz CT molecular complexity index is 886. The van der Waals surface area contributed by atoms with E-state index in [9.17, 15) is 4.79 Å². The summed E-state index contributed by atoms with van der Waals surface area (Å²) in [7, 11) is 0. The first kappa shape index (κ1) is 18.2. The van der Waals surface area contributed by atoms with Gasteiger partial charge < -0.3 is 9.42 Å². The fourth-order valence-corrected chi connectivity index (χ4v) is 4.29. The Balaban J connectivity index is 1.56. The second-order valence-corrected chi connectivity index (χ2v) is 8.10. The van der Waals surface area contributed by atoms with Crippen molar-refractivity contribution in [2.45, 2.75) is 44.7 Å². The SMILES string of the molecule is O=C(c1cccs1)N(Cc1nc(-c2ccc(Cl)cc2)no1)C1CCCCC1. The molecule has 0 aliphatic heterocycles. The summed E-state index contributed by atoms with van der Waals surface area (Å²) in [4.78, 5) is 20.2. The molecule has 2 heterocycles. The molecule has 0 saturated heterocycles. The van der Waals surface area contributed by atoms with E-state index >= 15 is 0 Å². The molecule has 1 aromatic carbocycles. The Morgan fingerprint density at radius 3 is 2.67 bits per heavy atom. The molecule has 0 bridgehead atoms. The zero-order valence-electron chi connectivity index (χ0n) is 14.8. The van der Waals surface area contributed by atoms with Gasteiger partial charge in [0.2, 0.25) is 11.7 Å². The van der Waals surface area contributed by atoms with E-state index in [0.717, 1.165) is 36.1 Å². The molecule has 2 aromatic heterocycles. The summed E-state index contributed by atoms with van der Waals surface area (Å²) in [5, 5.41) is 6.66. The normalized spacial score (nSPS) is 15.0. The lowest BCUT2D eigenvalue weighted by Gasteiger charge is -2.33. The number of benzene rings is 1. The molecule has 0 spiro atoms. The summed E-state index contributed by atoms with van der Waals surface area (Å²) >= 11 is 7.40. The number of aromatic nitrogens is 2. The molecule has 1 fully saturated rings. The van der Waals surface area contributed by atoms with E-state index in [1.807, 2.05) is 34.5 Å². The average molecular weight is 402 g/mol. The van der Waals surface area contributed by atoms with Crippen molar-refractivity contribution in [3.05, 3.63) is 57.6 Å². The summed E-state index contributed by atoms with van der Waals surface area (Å²) < 4.78 is 5.45. The Morgan fingerprint density at radius 1 is 1.19 bits per heavy atom. The minimum absolute atomic E-state index is 0.0446. The van der Waals surface area contributed by atoms with Gasteiger partial charge in [0.1, 0.15) is 6.54 Å². The van der Waals surface area contributed by atoms with Gasteiger partial charge in [-0.15, -0.1) is 11.3 Å². The lowest BCUT2D eigenvalue weighted by Crippen LogP contribution is -2.40. The number of hydrogen-bond donors (Lipinski definition) is 0. The summed E-state index contributed by atoms with van der Waals surface area (Å²) in [6.45, 7) is 0.335. The van der Waals surface area contributed by atoms with Crippen LogP contribution in [0.3, 0.4) is 0 Å². The van der Waals surface area contributed by atoms with Crippen molar-refractivity contribution in [1.29, 1.82) is 0 Å². The topological polar surface area (TPSA) is 59.2 Å². The van der Waals surface area contributed by atoms with Crippen molar-refractivity contribution < 1.29 is 9.32 Å². The molecule has 4 rings (SSSR count). The van der Waals surface area contributed by atoms with E-state index in [4.69, 9.17) is 16.1 Å². The maximum Gasteiger partial charge on any atom is 0.264 e. The van der Waals surface area contributed by atoms with Crippen molar-refractivity contribution in [3.63, 3.8) is 0 Å². The van der Waals surface area contributed by atoms with Crippen molar-refractivity contribution in [2.75, 3.05) is 0 Å². The third kappa shape index (κ3) is 4.22. The first-order valence-corrected chi connectivity index (χ1v) is 10.4. The van der Waals surface area contributed by atoms with Gasteiger partial charge in [-0.2, -0.15) is 4.98 Å². The minimum atomic E-state index is 0.0446. The third-order valence-electron chi connectivity index (χ3n) is 4.88. The summed E-state index contributed by atoms with van der Waals surface area (Å²) in [5.41, 5.74) is 0.836. The monoisotopic (exact) mass is 401 g/mol. The van der Waals surface area contributed by atoms with Gasteiger partial charge in [-0.1, -0.05) is 42.1 Å². The number of thiophene rings is 1. The van der Waals surface area contributed by atoms with Crippen LogP contribution in [0.4, 0.5) is 0 Å². The first-order valence-electron chi connectivity index (χ1n) is 9.14. The highest BCUT2D eigenvalue weighted by molar-refractivity contribution is 7.12. The Labute approximate surface area is 167 Å². The molecule has 140 valence electrons. The predicted octanol–water partition coefficient (Wildman–Crippen LogP) is 5.43. The molecule has 3 aromatic rings. The molecule has 0 atom stereocenters. The Kier molecular flexibility index (Phi) is 5.55. The van der Waals surface area contributed by atoms with Crippen LogP contribution in [0, 0.1) is 0 Å². The van der Waals surface area contributed by atoms with Crippen LogP contribution in [-0.2, 0) is 6.54 Å². The number of nitrogens with zero attached hydrogens (tertiary/aromatic N) is 3. The molecule has 1 saturated carbocycles. The third-order valence-corrected chi connectivity index (χ3v) is 5.99. The number of rotatable bonds is 5. The van der Waals surface area contributed by atoms with Crippen LogP contribution in [0.2, 0.25) is 5.02 Å². The van der Waals surface area contributed by atoms with Crippen LogP contribution >= 0.6 is 22.9 Å². The fourth-order valence-electron chi connectivity index (χ4n) is 3.48. The highest BCUT2D eigenvalue weighted by Gasteiger charge is 2.28. The molecule has 0 radical (unpaired) electrons. The van der Waals surface area contributed by atoms with Gasteiger partial charge in [-0.05, 0) is 48.6 Å². The lowest BCUT2D eigenvalue weighted by molar-refractivity contribution is 0.0591. The molecule has 1 aliphatic carbocycles. The van der Waals surface area contributed by atoms with Gasteiger partial charge in [0.15, 0.2) is 0 Å². The van der Waals surface area contributed by atoms with Gasteiger partial charge in [0.05, 0.1) is 4.88 Å². The first-order chi connectivity index (χ1) is 13.2. The van der Waals surface area contributed by atoms with Gasteiger partial charge in [0, 0.05) is 16.6 Å². The van der Waals surface area contributed by atoms with Gasteiger partial charge in [-0.25, -0.2) is 0 Å². The molecule has 27 heavy (non-hydrogen) atoms. The van der Waals surface area contributed by atoms with Crippen molar-refractivity contribution >= 4 is 28.8 Å². The zero-order chi connectivity index (χ0) is 18.6. The zero-order valence-corrected chi connectivity index (χ0v) is 16.4. The van der Waals surface area contributed by atoms with Crippen molar-refractivity contribution in [2.24, 2.45) is 0 Å². The Hall–Kier alpha value is -2.18. The van der Waals surface area contributed by atoms with Crippen LogP contribution in [0.5, 0.6) is 0 Å². The summed E-state index contributed by atoms with van der Waals surface area (Å²) in [5.74, 6) is 1.01. The number of hydrogen-bond acceptors (Lipinski definition) is 5. The molecular weight excluding hydrogens is 382 g/mol. The van der Waals surface area contributed by atoms with Crippen LogP contribution < -0.4 is 0 Å². The minimum Gasteiger partial charge on any atom is -0.337 e. The quantitative estimate of drug-likeness (QED) is 0.572. The second-order valence-electron chi connectivity index (χ2n) is 6.72. The van der Waals surface area contributed by atoms with Gasteiger partial charge in [0.25, 0.3) is 5.91 Å². The molecule has 1 amide bonds.